The van der Waals surface area contributed by atoms with Gasteiger partial charge in [-0.15, -0.1) is 0 Å². The molecule has 1 atom stereocenters. The van der Waals surface area contributed by atoms with Crippen molar-refractivity contribution >= 4 is 23.6 Å². The van der Waals surface area contributed by atoms with Gasteiger partial charge in [0.1, 0.15) is 5.75 Å². The number of aromatic nitrogens is 1. The van der Waals surface area contributed by atoms with E-state index in [4.69, 9.17) is 0 Å². The zero-order chi connectivity index (χ0) is 34.3. The van der Waals surface area contributed by atoms with Crippen molar-refractivity contribution in [2.24, 2.45) is 0 Å². The lowest BCUT2D eigenvalue weighted by Crippen LogP contribution is -2.43. The maximum atomic E-state index is 14.7. The number of anilines is 1. The monoisotopic (exact) mass is 649 g/mol. The molecule has 250 valence electrons. The van der Waals surface area contributed by atoms with Gasteiger partial charge < -0.3 is 34.4 Å². The Bertz CT molecular complexity index is 1880. The minimum Gasteiger partial charge on any atom is -0.508 e. The van der Waals surface area contributed by atoms with Crippen LogP contribution < -0.4 is 4.90 Å². The van der Waals surface area contributed by atoms with Gasteiger partial charge in [0.25, 0.3) is 11.8 Å². The number of fused-ring (bicyclic) bond motifs is 2. The average Bonchev–Trinajstić information content (AvgIpc) is 3.40. The molecule has 3 aromatic carbocycles. The number of carboxylic acid groups (broad SMARTS) is 1. The number of carbonyl (C=O) groups is 3. The number of hydrogen-bond acceptors (Lipinski definition) is 5. The topological polar surface area (TPSA) is 110 Å². The van der Waals surface area contributed by atoms with E-state index in [-0.39, 0.29) is 30.2 Å². The zero-order valence-corrected chi connectivity index (χ0v) is 28.2. The summed E-state index contributed by atoms with van der Waals surface area (Å²) in [6, 6.07) is 20.5. The van der Waals surface area contributed by atoms with Crippen molar-refractivity contribution in [1.29, 1.82) is 0 Å². The zero-order valence-electron chi connectivity index (χ0n) is 28.2. The smallest absolute Gasteiger partial charge is 0.407 e. The summed E-state index contributed by atoms with van der Waals surface area (Å²) in [5.41, 5.74) is 8.16. The fraction of sp³-hybridized carbons (Fsp3) is 0.342. The van der Waals surface area contributed by atoms with Crippen LogP contribution in [0.2, 0.25) is 0 Å². The summed E-state index contributed by atoms with van der Waals surface area (Å²) < 4.78 is 2.12. The standard InChI is InChI=1S/C38H43N5O5/c1-24-18-26-8-6-7-9-28(26)23-43(24)37(46)34-20-29-22-41(38(47)48)15-14-27(29)19-33(34)35-21-32(25(2)42(35)17-16-39(3)4)36(45)40(5)30-10-12-31(44)13-11-30/h6-13,19-21,24,44H,14-18,22-23H2,1-5H3,(H,47,48)/t24-/m1/s1. The molecule has 2 aliphatic rings. The van der Waals surface area contributed by atoms with Crippen LogP contribution in [0.1, 0.15) is 55.6 Å². The number of likely N-dealkylation sites (N-methyl/N-ethyl adjacent to an activating group) is 1. The summed E-state index contributed by atoms with van der Waals surface area (Å²) in [5, 5.41) is 19.6. The van der Waals surface area contributed by atoms with Crippen LogP contribution in [-0.4, -0.2) is 87.7 Å². The van der Waals surface area contributed by atoms with E-state index in [0.29, 0.717) is 49.4 Å². The normalized spacial score (nSPS) is 15.7. The van der Waals surface area contributed by atoms with E-state index in [1.807, 2.05) is 56.3 Å². The summed E-state index contributed by atoms with van der Waals surface area (Å²) in [7, 11) is 5.71. The Labute approximate surface area is 281 Å². The highest BCUT2D eigenvalue weighted by Gasteiger charge is 2.32. The Balaban J connectivity index is 1.49. The SMILES string of the molecule is Cc1c(C(=O)N(C)c2ccc(O)cc2)cc(-c2cc3c(cc2C(=O)N2Cc4ccccc4C[C@H]2C)CN(C(=O)O)CC3)n1CCN(C)C. The van der Waals surface area contributed by atoms with E-state index in [2.05, 4.69) is 28.5 Å². The van der Waals surface area contributed by atoms with Gasteiger partial charge in [-0.3, -0.25) is 9.59 Å². The van der Waals surface area contributed by atoms with Gasteiger partial charge in [0, 0.05) is 74.0 Å². The number of phenolic OH excluding ortho intramolecular Hbond substituents is 1. The number of benzene rings is 3. The second-order valence-electron chi connectivity index (χ2n) is 13.2. The van der Waals surface area contributed by atoms with Crippen molar-refractivity contribution < 1.29 is 24.6 Å². The molecule has 10 heteroatoms. The molecule has 0 unspecified atom stereocenters. The molecule has 48 heavy (non-hydrogen) atoms. The van der Waals surface area contributed by atoms with Crippen LogP contribution in [-0.2, 0) is 32.5 Å². The van der Waals surface area contributed by atoms with Gasteiger partial charge in [0.05, 0.1) is 5.56 Å². The minimum absolute atomic E-state index is 0.0369. The van der Waals surface area contributed by atoms with Crippen molar-refractivity contribution in [1.82, 2.24) is 19.3 Å². The Kier molecular flexibility index (Phi) is 9.03. The molecule has 0 fully saturated rings. The lowest BCUT2D eigenvalue weighted by Gasteiger charge is -2.36. The highest BCUT2D eigenvalue weighted by molar-refractivity contribution is 6.08. The van der Waals surface area contributed by atoms with E-state index < -0.39 is 6.09 Å². The average molecular weight is 650 g/mol. The van der Waals surface area contributed by atoms with E-state index in [9.17, 15) is 24.6 Å². The fourth-order valence-electron chi connectivity index (χ4n) is 6.91. The Morgan fingerprint density at radius 3 is 2.27 bits per heavy atom. The number of aromatic hydroxyl groups is 1. The number of phenols is 1. The Morgan fingerprint density at radius 2 is 1.58 bits per heavy atom. The number of rotatable bonds is 7. The third-order valence-corrected chi connectivity index (χ3v) is 9.81. The van der Waals surface area contributed by atoms with Gasteiger partial charge in [0.15, 0.2) is 0 Å². The van der Waals surface area contributed by atoms with Crippen LogP contribution in [0.5, 0.6) is 5.75 Å². The van der Waals surface area contributed by atoms with E-state index in [1.165, 1.54) is 10.5 Å². The fourth-order valence-corrected chi connectivity index (χ4v) is 6.91. The van der Waals surface area contributed by atoms with Crippen LogP contribution >= 0.6 is 0 Å². The van der Waals surface area contributed by atoms with Crippen LogP contribution in [0, 0.1) is 6.92 Å². The van der Waals surface area contributed by atoms with Crippen molar-refractivity contribution in [3.63, 3.8) is 0 Å². The molecule has 10 nitrogen and oxygen atoms in total. The highest BCUT2D eigenvalue weighted by atomic mass is 16.4. The van der Waals surface area contributed by atoms with Crippen LogP contribution in [0.25, 0.3) is 11.3 Å². The third-order valence-electron chi connectivity index (χ3n) is 9.81. The summed E-state index contributed by atoms with van der Waals surface area (Å²) in [4.78, 5) is 47.6. The quantitative estimate of drug-likeness (QED) is 0.269. The van der Waals surface area contributed by atoms with Crippen molar-refractivity contribution in [3.05, 3.63) is 106 Å². The molecule has 0 saturated carbocycles. The first kappa shape index (κ1) is 32.8. The molecular formula is C38H43N5O5. The van der Waals surface area contributed by atoms with E-state index in [1.54, 1.807) is 36.2 Å². The van der Waals surface area contributed by atoms with Gasteiger partial charge >= 0.3 is 6.09 Å². The van der Waals surface area contributed by atoms with E-state index >= 15 is 0 Å². The predicted octanol–water partition coefficient (Wildman–Crippen LogP) is 5.63. The molecule has 3 heterocycles. The molecule has 2 N–H and O–H groups in total. The van der Waals surface area contributed by atoms with Crippen molar-refractivity contribution in [2.45, 2.75) is 52.4 Å². The van der Waals surface area contributed by atoms with Gasteiger partial charge in [-0.05, 0) is 106 Å². The maximum Gasteiger partial charge on any atom is 0.407 e. The number of nitrogens with zero attached hydrogens (tertiary/aromatic N) is 5. The van der Waals surface area contributed by atoms with Gasteiger partial charge in [-0.2, -0.15) is 0 Å². The Hall–Kier alpha value is -5.09. The molecule has 0 spiro atoms. The minimum atomic E-state index is -0.979. The number of amides is 3. The molecule has 0 aliphatic carbocycles. The van der Waals surface area contributed by atoms with Crippen molar-refractivity contribution in [2.75, 3.05) is 39.1 Å². The summed E-state index contributed by atoms with van der Waals surface area (Å²) >= 11 is 0. The van der Waals surface area contributed by atoms with E-state index in [0.717, 1.165) is 40.1 Å². The van der Waals surface area contributed by atoms with Crippen LogP contribution in [0.3, 0.4) is 0 Å². The number of hydrogen-bond donors (Lipinski definition) is 2. The molecule has 0 radical (unpaired) electrons. The molecule has 0 saturated heterocycles. The number of carbonyl (C=O) groups excluding carboxylic acids is 2. The molecule has 1 aromatic heterocycles. The summed E-state index contributed by atoms with van der Waals surface area (Å²) in [6.45, 7) is 6.38. The molecule has 4 aromatic rings. The second kappa shape index (κ2) is 13.2. The van der Waals surface area contributed by atoms with Crippen molar-refractivity contribution in [3.8, 4) is 17.0 Å². The Morgan fingerprint density at radius 1 is 0.875 bits per heavy atom. The van der Waals surface area contributed by atoms with Gasteiger partial charge in [0.2, 0.25) is 0 Å². The third kappa shape index (κ3) is 6.27. The molecule has 0 bridgehead atoms. The molecular weight excluding hydrogens is 606 g/mol. The van der Waals surface area contributed by atoms with Gasteiger partial charge in [-0.1, -0.05) is 24.3 Å². The molecule has 6 rings (SSSR count). The first-order chi connectivity index (χ1) is 22.9. The largest absolute Gasteiger partial charge is 0.508 e. The summed E-state index contributed by atoms with van der Waals surface area (Å²) in [6.07, 6.45) is 0.298. The predicted molar refractivity (Wildman–Crippen MR) is 186 cm³/mol. The van der Waals surface area contributed by atoms with Gasteiger partial charge in [-0.25, -0.2) is 4.79 Å². The maximum absolute atomic E-state index is 14.7. The lowest BCUT2D eigenvalue weighted by molar-refractivity contribution is 0.0658. The second-order valence-corrected chi connectivity index (χ2v) is 13.2. The summed E-state index contributed by atoms with van der Waals surface area (Å²) in [5.74, 6) is -0.197. The first-order valence-electron chi connectivity index (χ1n) is 16.4. The molecule has 3 amide bonds. The highest BCUT2D eigenvalue weighted by Crippen LogP contribution is 2.36. The molecule has 2 aliphatic heterocycles. The lowest BCUT2D eigenvalue weighted by atomic mass is 9.90. The van der Waals surface area contributed by atoms with Crippen LogP contribution in [0.15, 0.2) is 66.7 Å². The van der Waals surface area contributed by atoms with Crippen LogP contribution in [0.4, 0.5) is 10.5 Å². The first-order valence-corrected chi connectivity index (χ1v) is 16.4.